The van der Waals surface area contributed by atoms with Gasteiger partial charge in [0.05, 0.1) is 7.11 Å². The summed E-state index contributed by atoms with van der Waals surface area (Å²) in [7, 11) is 1.62. The number of nitrogens with zero attached hydrogens (tertiary/aromatic N) is 1. The molecule has 1 fully saturated rings. The lowest BCUT2D eigenvalue weighted by Gasteiger charge is -2.32. The molecule has 0 radical (unpaired) electrons. The minimum absolute atomic E-state index is 0.0391. The lowest BCUT2D eigenvalue weighted by atomic mass is 9.96. The van der Waals surface area contributed by atoms with Gasteiger partial charge in [-0.15, -0.1) is 0 Å². The van der Waals surface area contributed by atoms with Crippen LogP contribution in [0.25, 0.3) is 0 Å². The van der Waals surface area contributed by atoms with Crippen LogP contribution in [0.2, 0.25) is 0 Å². The molecule has 1 aliphatic heterocycles. The summed E-state index contributed by atoms with van der Waals surface area (Å²) >= 11 is 0. The highest BCUT2D eigenvalue weighted by atomic mass is 16.5. The number of benzene rings is 1. The zero-order chi connectivity index (χ0) is 17.5. The smallest absolute Gasteiger partial charge is 0.317 e. The van der Waals surface area contributed by atoms with Crippen LogP contribution < -0.4 is 15.4 Å². The minimum Gasteiger partial charge on any atom is -0.496 e. The average molecular weight is 333 g/mol. The SMILES string of the molecule is COc1ccccc1CNC(=O)C1CCN(C(=O)NC(C)C)CC1. The lowest BCUT2D eigenvalue weighted by molar-refractivity contribution is -0.126. The highest BCUT2D eigenvalue weighted by Gasteiger charge is 2.27. The van der Waals surface area contributed by atoms with E-state index in [0.717, 1.165) is 11.3 Å². The molecular weight excluding hydrogens is 306 g/mol. The van der Waals surface area contributed by atoms with Gasteiger partial charge in [0.1, 0.15) is 5.75 Å². The molecule has 0 atom stereocenters. The maximum atomic E-state index is 12.4. The second kappa shape index (κ2) is 8.57. The molecular formula is C18H27N3O3. The maximum Gasteiger partial charge on any atom is 0.317 e. The summed E-state index contributed by atoms with van der Waals surface area (Å²) in [6.45, 7) is 5.57. The van der Waals surface area contributed by atoms with E-state index in [0.29, 0.717) is 32.5 Å². The van der Waals surface area contributed by atoms with Crippen molar-refractivity contribution in [2.24, 2.45) is 5.92 Å². The van der Waals surface area contributed by atoms with Gasteiger partial charge in [0.15, 0.2) is 0 Å². The molecule has 1 aromatic carbocycles. The van der Waals surface area contributed by atoms with Crippen LogP contribution in [0.1, 0.15) is 32.3 Å². The van der Waals surface area contributed by atoms with E-state index in [1.807, 2.05) is 38.1 Å². The van der Waals surface area contributed by atoms with E-state index in [4.69, 9.17) is 4.74 Å². The van der Waals surface area contributed by atoms with Gasteiger partial charge in [-0.25, -0.2) is 4.79 Å². The first-order valence-corrected chi connectivity index (χ1v) is 8.46. The Bertz CT molecular complexity index is 566. The van der Waals surface area contributed by atoms with Crippen molar-refractivity contribution >= 4 is 11.9 Å². The summed E-state index contributed by atoms with van der Waals surface area (Å²) in [4.78, 5) is 26.1. The van der Waals surface area contributed by atoms with Crippen molar-refractivity contribution in [2.75, 3.05) is 20.2 Å². The van der Waals surface area contributed by atoms with Crippen molar-refractivity contribution in [3.8, 4) is 5.75 Å². The zero-order valence-electron chi connectivity index (χ0n) is 14.7. The predicted octanol–water partition coefficient (Wildman–Crippen LogP) is 2.14. The van der Waals surface area contributed by atoms with E-state index in [1.165, 1.54) is 0 Å². The normalized spacial score (nSPS) is 15.2. The van der Waals surface area contributed by atoms with E-state index < -0.39 is 0 Å². The number of urea groups is 1. The molecule has 1 aromatic rings. The van der Waals surface area contributed by atoms with Crippen molar-refractivity contribution < 1.29 is 14.3 Å². The van der Waals surface area contributed by atoms with Crippen LogP contribution in [0.15, 0.2) is 24.3 Å². The van der Waals surface area contributed by atoms with Crippen molar-refractivity contribution in [3.63, 3.8) is 0 Å². The predicted molar refractivity (Wildman–Crippen MR) is 92.8 cm³/mol. The number of nitrogens with one attached hydrogen (secondary N) is 2. The summed E-state index contributed by atoms with van der Waals surface area (Å²) < 4.78 is 5.29. The van der Waals surface area contributed by atoms with Gasteiger partial charge >= 0.3 is 6.03 Å². The first-order valence-electron chi connectivity index (χ1n) is 8.46. The topological polar surface area (TPSA) is 70.7 Å². The Kier molecular flexibility index (Phi) is 6.46. The van der Waals surface area contributed by atoms with Crippen molar-refractivity contribution in [1.29, 1.82) is 0 Å². The van der Waals surface area contributed by atoms with Crippen LogP contribution in [-0.2, 0) is 11.3 Å². The summed E-state index contributed by atoms with van der Waals surface area (Å²) in [5.41, 5.74) is 0.960. The molecule has 1 saturated heterocycles. The minimum atomic E-state index is -0.0436. The number of hydrogen-bond acceptors (Lipinski definition) is 3. The standard InChI is InChI=1S/C18H27N3O3/c1-13(2)20-18(23)21-10-8-14(9-11-21)17(22)19-12-15-6-4-5-7-16(15)24-3/h4-7,13-14H,8-12H2,1-3H3,(H,19,22)(H,20,23). The summed E-state index contributed by atoms with van der Waals surface area (Å²) in [6, 6.07) is 7.74. The van der Waals surface area contributed by atoms with Crippen molar-refractivity contribution in [3.05, 3.63) is 29.8 Å². The first-order chi connectivity index (χ1) is 11.5. The molecule has 2 rings (SSSR count). The van der Waals surface area contributed by atoms with E-state index in [1.54, 1.807) is 12.0 Å². The number of ether oxygens (including phenoxy) is 1. The van der Waals surface area contributed by atoms with Gasteiger partial charge in [-0.3, -0.25) is 4.79 Å². The number of piperidine rings is 1. The van der Waals surface area contributed by atoms with Gasteiger partial charge in [-0.2, -0.15) is 0 Å². The third-order valence-electron chi connectivity index (χ3n) is 4.21. The average Bonchev–Trinajstić information content (AvgIpc) is 2.59. The Morgan fingerprint density at radius 1 is 1.25 bits per heavy atom. The number of rotatable bonds is 5. The molecule has 0 aromatic heterocycles. The van der Waals surface area contributed by atoms with E-state index in [-0.39, 0.29) is 23.9 Å². The van der Waals surface area contributed by atoms with Gasteiger partial charge in [0, 0.05) is 37.2 Å². The van der Waals surface area contributed by atoms with Crippen LogP contribution in [-0.4, -0.2) is 43.1 Å². The van der Waals surface area contributed by atoms with Crippen molar-refractivity contribution in [2.45, 2.75) is 39.3 Å². The van der Waals surface area contributed by atoms with Crippen LogP contribution in [0.5, 0.6) is 5.75 Å². The monoisotopic (exact) mass is 333 g/mol. The van der Waals surface area contributed by atoms with Crippen LogP contribution in [0, 0.1) is 5.92 Å². The van der Waals surface area contributed by atoms with Crippen molar-refractivity contribution in [1.82, 2.24) is 15.5 Å². The molecule has 1 heterocycles. The Balaban J connectivity index is 1.79. The molecule has 6 heteroatoms. The largest absolute Gasteiger partial charge is 0.496 e. The molecule has 2 N–H and O–H groups in total. The van der Waals surface area contributed by atoms with Gasteiger partial charge in [0.25, 0.3) is 0 Å². The molecule has 0 bridgehead atoms. The molecule has 0 spiro atoms. The Labute approximate surface area is 143 Å². The summed E-state index contributed by atoms with van der Waals surface area (Å²) in [6.07, 6.45) is 1.40. The number of likely N-dealkylation sites (tertiary alicyclic amines) is 1. The second-order valence-corrected chi connectivity index (χ2v) is 6.40. The molecule has 24 heavy (non-hydrogen) atoms. The number of carbonyl (C=O) groups excluding carboxylic acids is 2. The van der Waals surface area contributed by atoms with Crippen LogP contribution in [0.4, 0.5) is 4.79 Å². The maximum absolute atomic E-state index is 12.4. The molecule has 6 nitrogen and oxygen atoms in total. The molecule has 3 amide bonds. The summed E-state index contributed by atoms with van der Waals surface area (Å²) in [5.74, 6) is 0.783. The van der Waals surface area contributed by atoms with E-state index >= 15 is 0 Å². The molecule has 0 saturated carbocycles. The molecule has 0 aliphatic carbocycles. The van der Waals surface area contributed by atoms with Crippen LogP contribution >= 0.6 is 0 Å². The lowest BCUT2D eigenvalue weighted by Crippen LogP contribution is -2.48. The second-order valence-electron chi connectivity index (χ2n) is 6.40. The highest BCUT2D eigenvalue weighted by molar-refractivity contribution is 5.79. The van der Waals surface area contributed by atoms with E-state index in [9.17, 15) is 9.59 Å². The fraction of sp³-hybridized carbons (Fsp3) is 0.556. The Morgan fingerprint density at radius 3 is 2.54 bits per heavy atom. The van der Waals surface area contributed by atoms with E-state index in [2.05, 4.69) is 10.6 Å². The molecule has 132 valence electrons. The number of hydrogen-bond donors (Lipinski definition) is 2. The van der Waals surface area contributed by atoms with Gasteiger partial charge < -0.3 is 20.3 Å². The van der Waals surface area contributed by atoms with Gasteiger partial charge in [-0.1, -0.05) is 18.2 Å². The molecule has 1 aliphatic rings. The van der Waals surface area contributed by atoms with Gasteiger partial charge in [0.2, 0.25) is 5.91 Å². The first kappa shape index (κ1) is 18.1. The Hall–Kier alpha value is -2.24. The quantitative estimate of drug-likeness (QED) is 0.867. The fourth-order valence-corrected chi connectivity index (χ4v) is 2.86. The third kappa shape index (κ3) is 4.88. The number of methoxy groups -OCH3 is 1. The highest BCUT2D eigenvalue weighted by Crippen LogP contribution is 2.19. The number of para-hydroxylation sites is 1. The number of amides is 3. The fourth-order valence-electron chi connectivity index (χ4n) is 2.86. The Morgan fingerprint density at radius 2 is 1.92 bits per heavy atom. The number of carbonyl (C=O) groups is 2. The molecule has 0 unspecified atom stereocenters. The van der Waals surface area contributed by atoms with Gasteiger partial charge in [-0.05, 0) is 32.8 Å². The zero-order valence-corrected chi connectivity index (χ0v) is 14.7. The summed E-state index contributed by atoms with van der Waals surface area (Å²) in [5, 5.41) is 5.87. The third-order valence-corrected chi connectivity index (χ3v) is 4.21. The van der Waals surface area contributed by atoms with Crippen LogP contribution in [0.3, 0.4) is 0 Å².